The van der Waals surface area contributed by atoms with Crippen LogP contribution in [-0.4, -0.2) is 24.7 Å². The normalized spacial score (nSPS) is 11.3. The summed E-state index contributed by atoms with van der Waals surface area (Å²) in [7, 11) is -1.92. The van der Waals surface area contributed by atoms with Gasteiger partial charge >= 0.3 is 0 Å². The number of para-hydroxylation sites is 1. The van der Waals surface area contributed by atoms with Gasteiger partial charge in [0, 0.05) is 25.9 Å². The third-order valence-electron chi connectivity index (χ3n) is 2.69. The molecule has 20 heavy (non-hydrogen) atoms. The quantitative estimate of drug-likeness (QED) is 0.855. The molecule has 0 fully saturated rings. The fourth-order valence-corrected chi connectivity index (χ4v) is 2.95. The van der Waals surface area contributed by atoms with Crippen molar-refractivity contribution >= 4 is 21.5 Å². The summed E-state index contributed by atoms with van der Waals surface area (Å²) in [6.45, 7) is 2.74. The van der Waals surface area contributed by atoms with Crippen LogP contribution >= 0.6 is 0 Å². The van der Waals surface area contributed by atoms with Crippen LogP contribution < -0.4 is 10.0 Å². The molecule has 0 aliphatic carbocycles. The predicted octanol–water partition coefficient (Wildman–Crippen LogP) is 2.04. The van der Waals surface area contributed by atoms with Crippen molar-refractivity contribution in [2.45, 2.75) is 18.2 Å². The zero-order valence-electron chi connectivity index (χ0n) is 11.5. The fraction of sp³-hybridized carbons (Fsp3) is 0.308. The van der Waals surface area contributed by atoms with Crippen LogP contribution in [0, 0.1) is 0 Å². The van der Waals surface area contributed by atoms with Gasteiger partial charge in [-0.3, -0.25) is 9.40 Å². The number of anilines is 2. The zero-order chi connectivity index (χ0) is 14.6. The highest BCUT2D eigenvalue weighted by Gasteiger charge is 2.19. The van der Waals surface area contributed by atoms with Crippen LogP contribution in [-0.2, 0) is 17.1 Å². The number of nitrogens with one attached hydrogen (secondary N) is 2. The van der Waals surface area contributed by atoms with Gasteiger partial charge < -0.3 is 5.32 Å². The third-order valence-corrected chi connectivity index (χ3v) is 4.11. The van der Waals surface area contributed by atoms with Crippen molar-refractivity contribution in [1.29, 1.82) is 0 Å². The van der Waals surface area contributed by atoms with Gasteiger partial charge in [-0.05, 0) is 18.6 Å². The summed E-state index contributed by atoms with van der Waals surface area (Å²) >= 11 is 0. The molecule has 0 aliphatic heterocycles. The first-order chi connectivity index (χ1) is 9.53. The molecular weight excluding hydrogens is 276 g/mol. The summed E-state index contributed by atoms with van der Waals surface area (Å²) in [4.78, 5) is 0.221. The van der Waals surface area contributed by atoms with Gasteiger partial charge in [-0.2, -0.15) is 5.10 Å². The van der Waals surface area contributed by atoms with Crippen LogP contribution in [0.2, 0.25) is 0 Å². The standard InChI is InChI=1S/C13H18N4O2S/c1-3-9-14-11-6-4-5-7-12(11)20(18,19)16-13-8-10-17(2)15-13/h4-8,10,14H,3,9H2,1-2H3,(H,15,16). The molecule has 0 radical (unpaired) electrons. The second-order valence-electron chi connectivity index (χ2n) is 4.40. The lowest BCUT2D eigenvalue weighted by Crippen LogP contribution is -2.16. The van der Waals surface area contributed by atoms with Crippen LogP contribution in [0.15, 0.2) is 41.4 Å². The molecule has 6 nitrogen and oxygen atoms in total. The Morgan fingerprint density at radius 3 is 2.65 bits per heavy atom. The second-order valence-corrected chi connectivity index (χ2v) is 6.05. The average Bonchev–Trinajstić information content (AvgIpc) is 2.81. The molecule has 2 aromatic rings. The van der Waals surface area contributed by atoms with E-state index in [0.29, 0.717) is 11.5 Å². The summed E-state index contributed by atoms with van der Waals surface area (Å²) in [5.41, 5.74) is 0.595. The Hall–Kier alpha value is -2.02. The van der Waals surface area contributed by atoms with Crippen molar-refractivity contribution < 1.29 is 8.42 Å². The molecule has 0 spiro atoms. The molecule has 0 saturated heterocycles. The Balaban J connectivity index is 2.29. The van der Waals surface area contributed by atoms with Gasteiger partial charge in [-0.15, -0.1) is 0 Å². The first-order valence-corrected chi connectivity index (χ1v) is 7.86. The van der Waals surface area contributed by atoms with E-state index in [9.17, 15) is 8.42 Å². The summed E-state index contributed by atoms with van der Waals surface area (Å²) in [5.74, 6) is 0.304. The number of benzene rings is 1. The molecule has 2 N–H and O–H groups in total. The fourth-order valence-electron chi connectivity index (χ4n) is 1.77. The van der Waals surface area contributed by atoms with E-state index in [1.807, 2.05) is 6.92 Å². The van der Waals surface area contributed by atoms with E-state index in [4.69, 9.17) is 0 Å². The maximum atomic E-state index is 12.4. The van der Waals surface area contributed by atoms with Gasteiger partial charge in [0.05, 0.1) is 5.69 Å². The van der Waals surface area contributed by atoms with Crippen molar-refractivity contribution in [2.75, 3.05) is 16.6 Å². The molecule has 1 aromatic carbocycles. The second kappa shape index (κ2) is 5.96. The Labute approximate surface area is 118 Å². The lowest BCUT2D eigenvalue weighted by Gasteiger charge is -2.12. The maximum absolute atomic E-state index is 12.4. The van der Waals surface area contributed by atoms with E-state index in [0.717, 1.165) is 13.0 Å². The van der Waals surface area contributed by atoms with Crippen molar-refractivity contribution in [3.8, 4) is 0 Å². The van der Waals surface area contributed by atoms with Crippen LogP contribution in [0.25, 0.3) is 0 Å². The smallest absolute Gasteiger partial charge is 0.265 e. The lowest BCUT2D eigenvalue weighted by molar-refractivity contribution is 0.601. The van der Waals surface area contributed by atoms with Crippen molar-refractivity contribution in [1.82, 2.24) is 9.78 Å². The highest BCUT2D eigenvalue weighted by Crippen LogP contribution is 2.22. The number of aryl methyl sites for hydroxylation is 1. The van der Waals surface area contributed by atoms with Crippen LogP contribution in [0.1, 0.15) is 13.3 Å². The monoisotopic (exact) mass is 294 g/mol. The Kier molecular flexibility index (Phi) is 4.29. The molecule has 0 unspecified atom stereocenters. The van der Waals surface area contributed by atoms with Gasteiger partial charge in [0.1, 0.15) is 4.90 Å². The van der Waals surface area contributed by atoms with E-state index >= 15 is 0 Å². The number of aromatic nitrogens is 2. The minimum atomic E-state index is -3.65. The van der Waals surface area contributed by atoms with Gasteiger partial charge in [-0.1, -0.05) is 19.1 Å². The molecule has 0 bridgehead atoms. The van der Waals surface area contributed by atoms with Gasteiger partial charge in [0.25, 0.3) is 10.0 Å². The topological polar surface area (TPSA) is 76.0 Å². The van der Waals surface area contributed by atoms with Crippen molar-refractivity contribution in [3.63, 3.8) is 0 Å². The molecule has 1 heterocycles. The summed E-state index contributed by atoms with van der Waals surface area (Å²) < 4.78 is 28.8. The number of hydrogen-bond donors (Lipinski definition) is 2. The molecule has 0 aliphatic rings. The van der Waals surface area contributed by atoms with Crippen LogP contribution in [0.4, 0.5) is 11.5 Å². The van der Waals surface area contributed by atoms with Gasteiger partial charge in [-0.25, -0.2) is 8.42 Å². The molecule has 0 atom stereocenters. The first-order valence-electron chi connectivity index (χ1n) is 6.38. The lowest BCUT2D eigenvalue weighted by atomic mass is 10.3. The molecule has 7 heteroatoms. The zero-order valence-corrected chi connectivity index (χ0v) is 12.3. The van der Waals surface area contributed by atoms with Crippen molar-refractivity contribution in [3.05, 3.63) is 36.5 Å². The van der Waals surface area contributed by atoms with Crippen LogP contribution in [0.5, 0.6) is 0 Å². The van der Waals surface area contributed by atoms with Crippen molar-refractivity contribution in [2.24, 2.45) is 7.05 Å². The van der Waals surface area contributed by atoms with E-state index in [2.05, 4.69) is 15.1 Å². The van der Waals surface area contributed by atoms with Gasteiger partial charge in [0.2, 0.25) is 0 Å². The minimum Gasteiger partial charge on any atom is -0.384 e. The largest absolute Gasteiger partial charge is 0.384 e. The highest BCUT2D eigenvalue weighted by atomic mass is 32.2. The third kappa shape index (κ3) is 3.30. The van der Waals surface area contributed by atoms with E-state index < -0.39 is 10.0 Å². The molecule has 0 amide bonds. The summed E-state index contributed by atoms with van der Waals surface area (Å²) in [6, 6.07) is 8.44. The Morgan fingerprint density at radius 1 is 1.25 bits per heavy atom. The van der Waals surface area contributed by atoms with Crippen LogP contribution in [0.3, 0.4) is 0 Å². The SMILES string of the molecule is CCCNc1ccccc1S(=O)(=O)Nc1ccn(C)n1. The first kappa shape index (κ1) is 14.4. The number of sulfonamides is 1. The summed E-state index contributed by atoms with van der Waals surface area (Å²) in [6.07, 6.45) is 2.60. The van der Waals surface area contributed by atoms with E-state index in [1.54, 1.807) is 48.3 Å². The molecular formula is C13H18N4O2S. The minimum absolute atomic E-state index is 0.221. The van der Waals surface area contributed by atoms with E-state index in [1.165, 1.54) is 0 Å². The molecule has 2 rings (SSSR count). The van der Waals surface area contributed by atoms with Gasteiger partial charge in [0.15, 0.2) is 5.82 Å². The maximum Gasteiger partial charge on any atom is 0.265 e. The number of nitrogens with zero attached hydrogens (tertiary/aromatic N) is 2. The highest BCUT2D eigenvalue weighted by molar-refractivity contribution is 7.92. The predicted molar refractivity (Wildman–Crippen MR) is 79.2 cm³/mol. The molecule has 0 saturated carbocycles. The molecule has 1 aromatic heterocycles. The number of hydrogen-bond acceptors (Lipinski definition) is 4. The Morgan fingerprint density at radius 2 is 2.00 bits per heavy atom. The Bertz CT molecular complexity index is 679. The average molecular weight is 294 g/mol. The molecule has 108 valence electrons. The number of rotatable bonds is 6. The summed E-state index contributed by atoms with van der Waals surface area (Å²) in [5, 5.41) is 7.13. The van der Waals surface area contributed by atoms with E-state index in [-0.39, 0.29) is 4.90 Å².